The van der Waals surface area contributed by atoms with Crippen LogP contribution in [0.4, 0.5) is 10.2 Å². The van der Waals surface area contributed by atoms with Gasteiger partial charge in [0.1, 0.15) is 34.8 Å². The third-order valence-electron chi connectivity index (χ3n) is 9.42. The van der Waals surface area contributed by atoms with Gasteiger partial charge in [-0.05, 0) is 63.4 Å². The predicted molar refractivity (Wildman–Crippen MR) is 162 cm³/mol. The molecule has 2 N–H and O–H groups in total. The van der Waals surface area contributed by atoms with E-state index in [0.717, 1.165) is 38.8 Å². The Labute approximate surface area is 249 Å². The van der Waals surface area contributed by atoms with Gasteiger partial charge in [0.25, 0.3) is 0 Å². The van der Waals surface area contributed by atoms with E-state index in [0.29, 0.717) is 52.4 Å². The molecule has 1 aliphatic carbocycles. The molecule has 3 aliphatic heterocycles. The van der Waals surface area contributed by atoms with Crippen LogP contribution in [0.2, 0.25) is 0 Å². The minimum absolute atomic E-state index is 0.00330. The number of nitrogens with zero attached hydrogens (tertiary/aromatic N) is 5. The van der Waals surface area contributed by atoms with Crippen LogP contribution in [0.3, 0.4) is 0 Å². The zero-order valence-electron chi connectivity index (χ0n) is 24.2. The number of pyridine rings is 1. The number of aromatic hydroxyl groups is 1. The van der Waals surface area contributed by atoms with E-state index < -0.39 is 5.82 Å². The summed E-state index contributed by atoms with van der Waals surface area (Å²) in [5.41, 5.74) is 1.08. The average molecular weight is 581 g/mol. The topological polar surface area (TPSA) is 95.9 Å². The molecule has 0 amide bonds. The summed E-state index contributed by atoms with van der Waals surface area (Å²) in [7, 11) is 4.11. The molecule has 4 aromatic rings. The maximum atomic E-state index is 16.9. The van der Waals surface area contributed by atoms with Gasteiger partial charge >= 0.3 is 6.01 Å². The number of nitrogens with one attached hydrogen (secondary N) is 1. The second kappa shape index (κ2) is 9.66. The summed E-state index contributed by atoms with van der Waals surface area (Å²) in [6, 6.07) is 9.24. The van der Waals surface area contributed by atoms with Crippen LogP contribution in [0.1, 0.15) is 31.2 Å². The van der Waals surface area contributed by atoms with E-state index in [9.17, 15) is 5.11 Å². The van der Waals surface area contributed by atoms with Crippen molar-refractivity contribution in [2.24, 2.45) is 5.41 Å². The highest BCUT2D eigenvalue weighted by atomic mass is 19.1. The number of terminal acetylenes is 1. The molecule has 43 heavy (non-hydrogen) atoms. The first kappa shape index (κ1) is 26.4. The first-order valence-corrected chi connectivity index (χ1v) is 14.9. The molecule has 0 spiro atoms. The highest BCUT2D eigenvalue weighted by Crippen LogP contribution is 2.47. The maximum absolute atomic E-state index is 16.9. The van der Waals surface area contributed by atoms with Crippen molar-refractivity contribution in [1.82, 2.24) is 25.2 Å². The maximum Gasteiger partial charge on any atom is 0.319 e. The highest BCUT2D eigenvalue weighted by Gasteiger charge is 2.46. The smallest absolute Gasteiger partial charge is 0.319 e. The quantitative estimate of drug-likeness (QED) is 0.327. The second-order valence-electron chi connectivity index (χ2n) is 12.8. The number of phenolic OH excluding ortho intramolecular Hbond substituents is 1. The Hall–Kier alpha value is -4.20. The number of ether oxygens (including phenoxy) is 2. The molecule has 1 saturated carbocycles. The zero-order valence-corrected chi connectivity index (χ0v) is 24.2. The van der Waals surface area contributed by atoms with E-state index >= 15 is 4.39 Å². The lowest BCUT2D eigenvalue weighted by Crippen LogP contribution is -2.60. The summed E-state index contributed by atoms with van der Waals surface area (Å²) < 4.78 is 29.6. The van der Waals surface area contributed by atoms with Gasteiger partial charge in [0.15, 0.2) is 5.82 Å². The molecule has 0 radical (unpaired) electrons. The summed E-state index contributed by atoms with van der Waals surface area (Å²) in [5, 5.41) is 16.1. The molecule has 3 fully saturated rings. The molecule has 4 aliphatic rings. The summed E-state index contributed by atoms with van der Waals surface area (Å²) in [6.45, 7) is 2.45. The number of piperazine rings is 1. The van der Waals surface area contributed by atoms with Gasteiger partial charge in [-0.1, -0.05) is 18.1 Å². The Kier molecular flexibility index (Phi) is 5.94. The van der Waals surface area contributed by atoms with Crippen LogP contribution in [-0.2, 0) is 0 Å². The Morgan fingerprint density at radius 1 is 1.21 bits per heavy atom. The Balaban J connectivity index is 1.33. The van der Waals surface area contributed by atoms with Crippen LogP contribution in [-0.4, -0.2) is 83.5 Å². The third kappa shape index (κ3) is 4.33. The molecule has 5 heterocycles. The van der Waals surface area contributed by atoms with Crippen molar-refractivity contribution in [1.29, 1.82) is 0 Å². The predicted octanol–water partition coefficient (Wildman–Crippen LogP) is 4.09. The lowest BCUT2D eigenvalue weighted by Gasteiger charge is -2.40. The summed E-state index contributed by atoms with van der Waals surface area (Å²) >= 11 is 0. The van der Waals surface area contributed by atoms with Crippen LogP contribution in [0, 0.1) is 23.6 Å². The number of phenols is 1. The van der Waals surface area contributed by atoms with Crippen molar-refractivity contribution >= 4 is 27.5 Å². The molecule has 10 heteroatoms. The van der Waals surface area contributed by atoms with E-state index in [1.54, 1.807) is 12.1 Å². The molecule has 9 nitrogen and oxygen atoms in total. The molecule has 2 aromatic heterocycles. The molecular weight excluding hydrogens is 547 g/mol. The van der Waals surface area contributed by atoms with Gasteiger partial charge in [0, 0.05) is 47.1 Å². The van der Waals surface area contributed by atoms with Gasteiger partial charge in [0.2, 0.25) is 5.88 Å². The summed E-state index contributed by atoms with van der Waals surface area (Å²) in [6.07, 6.45) is 10.1. The van der Waals surface area contributed by atoms with Gasteiger partial charge < -0.3 is 29.7 Å². The fourth-order valence-electron chi connectivity index (χ4n) is 7.29. The van der Waals surface area contributed by atoms with Gasteiger partial charge in [0.05, 0.1) is 12.6 Å². The van der Waals surface area contributed by atoms with Crippen molar-refractivity contribution in [3.63, 3.8) is 0 Å². The van der Waals surface area contributed by atoms with Crippen molar-refractivity contribution in [3.05, 3.63) is 41.7 Å². The Morgan fingerprint density at radius 3 is 2.86 bits per heavy atom. The first-order valence-electron chi connectivity index (χ1n) is 14.9. The van der Waals surface area contributed by atoms with Gasteiger partial charge in [-0.25, -0.2) is 9.37 Å². The lowest BCUT2D eigenvalue weighted by atomic mass is 9.96. The van der Waals surface area contributed by atoms with E-state index in [1.165, 1.54) is 6.07 Å². The molecule has 8 rings (SSSR count). The molecule has 3 atom stereocenters. The van der Waals surface area contributed by atoms with Gasteiger partial charge in [-0.2, -0.15) is 9.97 Å². The third-order valence-corrected chi connectivity index (χ3v) is 9.42. The minimum atomic E-state index is -0.638. The largest absolute Gasteiger partial charge is 0.508 e. The Bertz CT molecular complexity index is 1830. The van der Waals surface area contributed by atoms with E-state index in [2.05, 4.69) is 40.1 Å². The second-order valence-corrected chi connectivity index (χ2v) is 12.8. The molecule has 2 saturated heterocycles. The number of rotatable bonds is 6. The van der Waals surface area contributed by atoms with Crippen LogP contribution < -0.4 is 19.7 Å². The van der Waals surface area contributed by atoms with Crippen LogP contribution >= 0.6 is 0 Å². The number of hydrogen-bond acceptors (Lipinski definition) is 9. The molecule has 3 unspecified atom stereocenters. The SMILES string of the molecule is C#Cc1cccc2cc(O)cc(-c3nc4c5c(nc(OCC6(CN(C)C)CC6)nc5c3F)N3CC5CCC(N5)C3CO4)c12. The molecule has 220 valence electrons. The highest BCUT2D eigenvalue weighted by molar-refractivity contribution is 6.04. The number of aromatic nitrogens is 3. The molecular formula is C33H33FN6O3. The standard InChI is InChI=1S/C33H33FN6O3/c1-4-18-6-5-7-19-12-21(41)13-22(25(18)19)28-27(34)29-26-30(38-32(37-29)43-17-33(10-11-33)16-39(2)3)40-14-20-8-9-23(35-20)24(40)15-42-31(26)36-28/h1,5-7,12-13,20,23-24,35,41H,8-11,14-17H2,2-3H3. The van der Waals surface area contributed by atoms with Crippen LogP contribution in [0.15, 0.2) is 30.3 Å². The number of halogens is 1. The van der Waals surface area contributed by atoms with E-state index in [-0.39, 0.29) is 46.3 Å². The summed E-state index contributed by atoms with van der Waals surface area (Å²) in [5.74, 6) is 2.90. The van der Waals surface area contributed by atoms with E-state index in [4.69, 9.17) is 25.9 Å². The zero-order chi connectivity index (χ0) is 29.5. The number of anilines is 1. The average Bonchev–Trinajstić information content (AvgIpc) is 3.68. The van der Waals surface area contributed by atoms with Crippen LogP contribution in [0.25, 0.3) is 32.9 Å². The molecule has 2 bridgehead atoms. The monoisotopic (exact) mass is 580 g/mol. The van der Waals surface area contributed by atoms with Crippen LogP contribution in [0.5, 0.6) is 17.6 Å². The molecule has 2 aromatic carbocycles. The minimum Gasteiger partial charge on any atom is -0.508 e. The van der Waals surface area contributed by atoms with Crippen molar-refractivity contribution in [2.75, 3.05) is 45.3 Å². The van der Waals surface area contributed by atoms with E-state index in [1.807, 2.05) is 12.1 Å². The summed E-state index contributed by atoms with van der Waals surface area (Å²) in [4.78, 5) is 18.7. The lowest BCUT2D eigenvalue weighted by molar-refractivity contribution is 0.183. The fourth-order valence-corrected chi connectivity index (χ4v) is 7.29. The first-order chi connectivity index (χ1) is 20.8. The number of fused-ring (bicyclic) bond motifs is 6. The fraction of sp³-hybridized carbons (Fsp3) is 0.424. The van der Waals surface area contributed by atoms with Gasteiger partial charge in [-0.15, -0.1) is 6.42 Å². The number of hydrogen-bond donors (Lipinski definition) is 2. The number of benzene rings is 2. The Morgan fingerprint density at radius 2 is 2.07 bits per heavy atom. The normalized spacial score (nSPS) is 23.1. The van der Waals surface area contributed by atoms with Crippen molar-refractivity contribution in [2.45, 2.75) is 43.8 Å². The van der Waals surface area contributed by atoms with Crippen molar-refractivity contribution in [3.8, 4) is 41.2 Å². The van der Waals surface area contributed by atoms with Gasteiger partial charge in [-0.3, -0.25) is 0 Å². The van der Waals surface area contributed by atoms with Crippen molar-refractivity contribution < 1.29 is 19.0 Å².